The number of rotatable bonds is 6. The van der Waals surface area contributed by atoms with E-state index in [1.54, 1.807) is 20.8 Å². The topological polar surface area (TPSA) is 67.4 Å². The van der Waals surface area contributed by atoms with Gasteiger partial charge in [-0.05, 0) is 44.9 Å². The standard InChI is InChI=1S/C17H23F3N2O3/c1-16(2,3)25-15(24)22-11-9-14(23)21-10-8-12-4-6-13(7-5-12)17(18,19)20/h4-7H,8-11H2,1-3H3,(H,21,23)(H,22,24). The fourth-order valence-electron chi connectivity index (χ4n) is 1.89. The molecule has 0 aromatic heterocycles. The van der Waals surface area contributed by atoms with Gasteiger partial charge < -0.3 is 15.4 Å². The molecule has 0 unspecified atom stereocenters. The van der Waals surface area contributed by atoms with E-state index >= 15 is 0 Å². The van der Waals surface area contributed by atoms with Crippen molar-refractivity contribution >= 4 is 12.0 Å². The molecule has 2 N–H and O–H groups in total. The third-order valence-electron chi connectivity index (χ3n) is 3.04. The zero-order valence-electron chi connectivity index (χ0n) is 14.5. The Kier molecular flexibility index (Phi) is 7.26. The Balaban J connectivity index is 2.23. The summed E-state index contributed by atoms with van der Waals surface area (Å²) in [7, 11) is 0. The minimum atomic E-state index is -4.35. The van der Waals surface area contributed by atoms with Gasteiger partial charge in [0, 0.05) is 19.5 Å². The lowest BCUT2D eigenvalue weighted by molar-refractivity contribution is -0.137. The van der Waals surface area contributed by atoms with E-state index < -0.39 is 23.4 Å². The summed E-state index contributed by atoms with van der Waals surface area (Å²) in [5.41, 5.74) is -0.609. The zero-order valence-corrected chi connectivity index (χ0v) is 14.5. The maximum atomic E-state index is 12.4. The molecule has 0 saturated carbocycles. The Bertz CT molecular complexity index is 578. The van der Waals surface area contributed by atoms with Crippen LogP contribution in [0.3, 0.4) is 0 Å². The monoisotopic (exact) mass is 360 g/mol. The molecule has 0 aliphatic heterocycles. The second-order valence-corrected chi connectivity index (χ2v) is 6.47. The van der Waals surface area contributed by atoms with Crippen molar-refractivity contribution in [2.24, 2.45) is 0 Å². The number of halogens is 3. The molecule has 0 bridgehead atoms. The van der Waals surface area contributed by atoms with E-state index in [4.69, 9.17) is 4.74 Å². The average molecular weight is 360 g/mol. The molecule has 2 amide bonds. The SMILES string of the molecule is CC(C)(C)OC(=O)NCCC(=O)NCCc1ccc(C(F)(F)F)cc1. The second kappa shape index (κ2) is 8.73. The van der Waals surface area contributed by atoms with Crippen molar-refractivity contribution in [1.82, 2.24) is 10.6 Å². The van der Waals surface area contributed by atoms with Crippen LogP contribution in [0.2, 0.25) is 0 Å². The first kappa shape index (κ1) is 20.8. The predicted molar refractivity (Wildman–Crippen MR) is 87.0 cm³/mol. The van der Waals surface area contributed by atoms with E-state index in [9.17, 15) is 22.8 Å². The van der Waals surface area contributed by atoms with Gasteiger partial charge in [-0.25, -0.2) is 4.79 Å². The van der Waals surface area contributed by atoms with Gasteiger partial charge in [0.2, 0.25) is 5.91 Å². The molecule has 1 rings (SSSR count). The van der Waals surface area contributed by atoms with E-state index in [2.05, 4.69) is 10.6 Å². The van der Waals surface area contributed by atoms with Crippen molar-refractivity contribution in [3.63, 3.8) is 0 Å². The molecule has 1 aromatic carbocycles. The van der Waals surface area contributed by atoms with Crippen LogP contribution in [-0.4, -0.2) is 30.7 Å². The Morgan fingerprint density at radius 2 is 1.60 bits per heavy atom. The van der Waals surface area contributed by atoms with Crippen LogP contribution in [0.15, 0.2) is 24.3 Å². The van der Waals surface area contributed by atoms with Gasteiger partial charge in [-0.2, -0.15) is 13.2 Å². The van der Waals surface area contributed by atoms with Gasteiger partial charge in [0.25, 0.3) is 0 Å². The van der Waals surface area contributed by atoms with Crippen molar-refractivity contribution in [2.75, 3.05) is 13.1 Å². The first-order chi connectivity index (χ1) is 11.5. The first-order valence-electron chi connectivity index (χ1n) is 7.87. The molecule has 0 heterocycles. The molecule has 140 valence electrons. The highest BCUT2D eigenvalue weighted by Crippen LogP contribution is 2.29. The first-order valence-corrected chi connectivity index (χ1v) is 7.87. The molecule has 0 spiro atoms. The second-order valence-electron chi connectivity index (χ2n) is 6.47. The van der Waals surface area contributed by atoms with E-state index in [1.807, 2.05) is 0 Å². The maximum absolute atomic E-state index is 12.4. The number of alkyl halides is 3. The van der Waals surface area contributed by atoms with Crippen LogP contribution in [0.25, 0.3) is 0 Å². The third-order valence-corrected chi connectivity index (χ3v) is 3.04. The number of hydrogen-bond acceptors (Lipinski definition) is 3. The Morgan fingerprint density at radius 1 is 1.00 bits per heavy atom. The van der Waals surface area contributed by atoms with Gasteiger partial charge in [-0.1, -0.05) is 12.1 Å². The highest BCUT2D eigenvalue weighted by molar-refractivity contribution is 5.77. The maximum Gasteiger partial charge on any atom is 0.416 e. The van der Waals surface area contributed by atoms with Crippen LogP contribution < -0.4 is 10.6 Å². The fraction of sp³-hybridized carbons (Fsp3) is 0.529. The minimum absolute atomic E-state index is 0.0895. The van der Waals surface area contributed by atoms with Crippen LogP contribution in [0.5, 0.6) is 0 Å². The van der Waals surface area contributed by atoms with Crippen LogP contribution in [0, 0.1) is 0 Å². The third kappa shape index (κ3) is 8.97. The van der Waals surface area contributed by atoms with Gasteiger partial charge in [-0.15, -0.1) is 0 Å². The molecule has 8 heteroatoms. The number of nitrogens with one attached hydrogen (secondary N) is 2. The molecule has 0 radical (unpaired) electrons. The largest absolute Gasteiger partial charge is 0.444 e. The highest BCUT2D eigenvalue weighted by Gasteiger charge is 2.29. The van der Waals surface area contributed by atoms with Gasteiger partial charge in [0.1, 0.15) is 5.60 Å². The lowest BCUT2D eigenvalue weighted by atomic mass is 10.1. The van der Waals surface area contributed by atoms with E-state index in [0.29, 0.717) is 18.5 Å². The van der Waals surface area contributed by atoms with E-state index in [-0.39, 0.29) is 18.9 Å². The van der Waals surface area contributed by atoms with Crippen molar-refractivity contribution in [2.45, 2.75) is 45.4 Å². The summed E-state index contributed by atoms with van der Waals surface area (Å²) in [4.78, 5) is 23.0. The number of ether oxygens (including phenoxy) is 1. The van der Waals surface area contributed by atoms with Gasteiger partial charge in [0.05, 0.1) is 5.56 Å². The number of amides is 2. The Morgan fingerprint density at radius 3 is 2.12 bits per heavy atom. The Hall–Kier alpha value is -2.25. The lowest BCUT2D eigenvalue weighted by Gasteiger charge is -2.19. The fourth-order valence-corrected chi connectivity index (χ4v) is 1.89. The highest BCUT2D eigenvalue weighted by atomic mass is 19.4. The van der Waals surface area contributed by atoms with Crippen LogP contribution in [-0.2, 0) is 22.1 Å². The molecule has 5 nitrogen and oxygen atoms in total. The average Bonchev–Trinajstić information content (AvgIpc) is 2.45. The summed E-state index contributed by atoms with van der Waals surface area (Å²) < 4.78 is 42.4. The summed E-state index contributed by atoms with van der Waals surface area (Å²) >= 11 is 0. The summed E-state index contributed by atoms with van der Waals surface area (Å²) in [6.07, 6.45) is -4.44. The zero-order chi connectivity index (χ0) is 19.1. The smallest absolute Gasteiger partial charge is 0.416 e. The van der Waals surface area contributed by atoms with Crippen molar-refractivity contribution in [1.29, 1.82) is 0 Å². The van der Waals surface area contributed by atoms with E-state index in [1.165, 1.54) is 12.1 Å². The lowest BCUT2D eigenvalue weighted by Crippen LogP contribution is -2.35. The molecule has 25 heavy (non-hydrogen) atoms. The summed E-state index contributed by atoms with van der Waals surface area (Å²) in [6.45, 7) is 5.65. The Labute approximate surface area is 144 Å². The van der Waals surface area contributed by atoms with Crippen molar-refractivity contribution in [3.05, 3.63) is 35.4 Å². The molecule has 0 aliphatic rings. The van der Waals surface area contributed by atoms with Gasteiger partial charge >= 0.3 is 12.3 Å². The van der Waals surface area contributed by atoms with Crippen LogP contribution in [0.1, 0.15) is 38.3 Å². The van der Waals surface area contributed by atoms with Crippen LogP contribution in [0.4, 0.5) is 18.0 Å². The molecule has 0 fully saturated rings. The predicted octanol–water partition coefficient (Wildman–Crippen LogP) is 3.28. The summed E-state index contributed by atoms with van der Waals surface area (Å²) in [5, 5.41) is 5.11. The number of carbonyl (C=O) groups is 2. The van der Waals surface area contributed by atoms with Gasteiger partial charge in [0.15, 0.2) is 0 Å². The van der Waals surface area contributed by atoms with Crippen molar-refractivity contribution < 1.29 is 27.5 Å². The normalized spacial score (nSPS) is 11.8. The van der Waals surface area contributed by atoms with E-state index in [0.717, 1.165) is 12.1 Å². The number of benzene rings is 1. The molecule has 0 aliphatic carbocycles. The quantitative estimate of drug-likeness (QED) is 0.818. The number of carbonyl (C=O) groups excluding carboxylic acids is 2. The molecule has 1 aromatic rings. The molecular formula is C17H23F3N2O3. The van der Waals surface area contributed by atoms with Gasteiger partial charge in [-0.3, -0.25) is 4.79 Å². The molecule has 0 saturated heterocycles. The van der Waals surface area contributed by atoms with Crippen LogP contribution >= 0.6 is 0 Å². The number of hydrogen-bond donors (Lipinski definition) is 2. The molecule has 0 atom stereocenters. The minimum Gasteiger partial charge on any atom is -0.444 e. The number of alkyl carbamates (subject to hydrolysis) is 1. The summed E-state index contributed by atoms with van der Waals surface area (Å²) in [6, 6.07) is 4.81. The summed E-state index contributed by atoms with van der Waals surface area (Å²) in [5.74, 6) is -0.261. The molecular weight excluding hydrogens is 337 g/mol. The van der Waals surface area contributed by atoms with Crippen molar-refractivity contribution in [3.8, 4) is 0 Å².